The van der Waals surface area contributed by atoms with Gasteiger partial charge in [0.15, 0.2) is 0 Å². The smallest absolute Gasteiger partial charge is 0.319 e. The maximum atomic E-state index is 13.1. The molecule has 2 rings (SSSR count). The van der Waals surface area contributed by atoms with Crippen molar-refractivity contribution in [3.05, 3.63) is 36.3 Å². The van der Waals surface area contributed by atoms with Gasteiger partial charge in [0.25, 0.3) is 0 Å². The highest BCUT2D eigenvalue weighted by molar-refractivity contribution is 5.67. The highest BCUT2D eigenvalue weighted by Gasteiger charge is 2.10. The molecule has 0 spiro atoms. The summed E-state index contributed by atoms with van der Waals surface area (Å²) in [4.78, 5) is 8.01. The van der Waals surface area contributed by atoms with E-state index in [1.807, 2.05) is 0 Å². The number of halogens is 1. The van der Waals surface area contributed by atoms with Gasteiger partial charge >= 0.3 is 6.01 Å². The molecule has 0 saturated heterocycles. The number of nitrogens with zero attached hydrogens (tertiary/aromatic N) is 2. The van der Waals surface area contributed by atoms with Crippen molar-refractivity contribution in [2.75, 3.05) is 14.2 Å². The number of ether oxygens (including phenoxy) is 2. The van der Waals surface area contributed by atoms with Crippen molar-refractivity contribution < 1.29 is 13.9 Å². The maximum Gasteiger partial charge on any atom is 0.319 e. The summed E-state index contributed by atoms with van der Waals surface area (Å²) in [7, 11) is 2.96. The molecule has 0 aliphatic rings. The molecule has 0 saturated carbocycles. The van der Waals surface area contributed by atoms with E-state index >= 15 is 0 Å². The first-order valence-electron chi connectivity index (χ1n) is 4.95. The van der Waals surface area contributed by atoms with E-state index in [0.29, 0.717) is 17.0 Å². The van der Waals surface area contributed by atoms with E-state index in [1.165, 1.54) is 26.4 Å². The third-order valence-electron chi connectivity index (χ3n) is 2.24. The van der Waals surface area contributed by atoms with Crippen LogP contribution in [0.15, 0.2) is 30.5 Å². The summed E-state index contributed by atoms with van der Waals surface area (Å²) in [5.41, 5.74) is 1.28. The second-order valence-electron chi connectivity index (χ2n) is 3.29. The van der Waals surface area contributed by atoms with Crippen LogP contribution in [0, 0.1) is 5.82 Å². The van der Waals surface area contributed by atoms with Gasteiger partial charge in [-0.3, -0.25) is 0 Å². The molecule has 88 valence electrons. The highest BCUT2D eigenvalue weighted by Crippen LogP contribution is 2.28. The zero-order valence-corrected chi connectivity index (χ0v) is 9.48. The quantitative estimate of drug-likeness (QED) is 0.817. The van der Waals surface area contributed by atoms with Gasteiger partial charge in [0.2, 0.25) is 5.88 Å². The summed E-state index contributed by atoms with van der Waals surface area (Å²) in [6.07, 6.45) is 1.54. The van der Waals surface area contributed by atoms with E-state index < -0.39 is 0 Å². The summed E-state index contributed by atoms with van der Waals surface area (Å²) in [5, 5.41) is 0. The molecule has 0 fully saturated rings. The molecule has 2 aromatic rings. The van der Waals surface area contributed by atoms with Gasteiger partial charge in [-0.2, -0.15) is 4.98 Å². The normalized spacial score (nSPS) is 10.1. The minimum absolute atomic E-state index is 0.210. The van der Waals surface area contributed by atoms with Crippen LogP contribution >= 0.6 is 0 Å². The number of benzene rings is 1. The molecular formula is C12H11FN2O2. The minimum Gasteiger partial charge on any atom is -0.480 e. The highest BCUT2D eigenvalue weighted by atomic mass is 19.1. The van der Waals surface area contributed by atoms with Crippen LogP contribution in [0.4, 0.5) is 4.39 Å². The molecular weight excluding hydrogens is 223 g/mol. The second-order valence-corrected chi connectivity index (χ2v) is 3.29. The first-order valence-corrected chi connectivity index (χ1v) is 4.95. The van der Waals surface area contributed by atoms with Gasteiger partial charge in [-0.1, -0.05) is 12.1 Å². The van der Waals surface area contributed by atoms with Gasteiger partial charge in [0.05, 0.1) is 19.8 Å². The Balaban J connectivity index is 2.51. The van der Waals surface area contributed by atoms with Crippen LogP contribution in [0.25, 0.3) is 11.1 Å². The first-order chi connectivity index (χ1) is 8.24. The molecule has 0 unspecified atom stereocenters. The van der Waals surface area contributed by atoms with E-state index in [1.54, 1.807) is 18.3 Å². The lowest BCUT2D eigenvalue weighted by Gasteiger charge is -2.08. The maximum absolute atomic E-state index is 13.1. The Hall–Kier alpha value is -2.17. The molecule has 1 aromatic carbocycles. The van der Waals surface area contributed by atoms with Gasteiger partial charge in [0, 0.05) is 6.20 Å². The largest absolute Gasteiger partial charge is 0.480 e. The average Bonchev–Trinajstić information content (AvgIpc) is 2.38. The minimum atomic E-state index is -0.319. The lowest BCUT2D eigenvalue weighted by Crippen LogP contribution is -1.97. The zero-order chi connectivity index (χ0) is 12.3. The van der Waals surface area contributed by atoms with Crippen LogP contribution in [0.1, 0.15) is 0 Å². The Labute approximate surface area is 98.1 Å². The van der Waals surface area contributed by atoms with E-state index in [2.05, 4.69) is 9.97 Å². The van der Waals surface area contributed by atoms with Crippen molar-refractivity contribution in [3.8, 4) is 23.0 Å². The molecule has 5 heteroatoms. The molecule has 0 radical (unpaired) electrons. The molecule has 4 nitrogen and oxygen atoms in total. The molecule has 0 N–H and O–H groups in total. The van der Waals surface area contributed by atoms with Crippen LogP contribution < -0.4 is 9.47 Å². The fraction of sp³-hybridized carbons (Fsp3) is 0.167. The Bertz CT molecular complexity index is 532. The topological polar surface area (TPSA) is 44.2 Å². The predicted molar refractivity (Wildman–Crippen MR) is 60.5 cm³/mol. The first kappa shape index (κ1) is 11.3. The third-order valence-corrected chi connectivity index (χ3v) is 2.24. The standard InChI is InChI=1S/C12H11FN2O2/c1-16-11-10(7-14-12(15-11)17-2)8-4-3-5-9(13)6-8/h3-7H,1-2H3. The van der Waals surface area contributed by atoms with E-state index in [0.717, 1.165) is 0 Å². The van der Waals surface area contributed by atoms with Crippen molar-refractivity contribution in [2.24, 2.45) is 0 Å². The number of hydrogen-bond donors (Lipinski definition) is 0. The van der Waals surface area contributed by atoms with Crippen LogP contribution in [0.5, 0.6) is 11.9 Å². The van der Waals surface area contributed by atoms with Crippen molar-refractivity contribution in [3.63, 3.8) is 0 Å². The Morgan fingerprint density at radius 1 is 1.18 bits per heavy atom. The average molecular weight is 234 g/mol. The Morgan fingerprint density at radius 3 is 2.65 bits per heavy atom. The fourth-order valence-electron chi connectivity index (χ4n) is 1.46. The van der Waals surface area contributed by atoms with Crippen molar-refractivity contribution in [1.82, 2.24) is 9.97 Å². The van der Waals surface area contributed by atoms with Gasteiger partial charge in [-0.25, -0.2) is 9.37 Å². The van der Waals surface area contributed by atoms with E-state index in [-0.39, 0.29) is 11.8 Å². The summed E-state index contributed by atoms with van der Waals surface area (Å²) in [5.74, 6) is 0.0304. The summed E-state index contributed by atoms with van der Waals surface area (Å²) < 4.78 is 23.2. The summed E-state index contributed by atoms with van der Waals surface area (Å²) in [6.45, 7) is 0. The molecule has 1 aromatic heterocycles. The SMILES string of the molecule is COc1ncc(-c2cccc(F)c2)c(OC)n1. The van der Waals surface area contributed by atoms with Gasteiger partial charge in [-0.05, 0) is 17.7 Å². The Kier molecular flexibility index (Phi) is 3.18. The molecule has 0 atom stereocenters. The van der Waals surface area contributed by atoms with Crippen molar-refractivity contribution in [2.45, 2.75) is 0 Å². The third kappa shape index (κ3) is 2.33. The molecule has 1 heterocycles. The van der Waals surface area contributed by atoms with Crippen molar-refractivity contribution >= 4 is 0 Å². The van der Waals surface area contributed by atoms with Crippen LogP contribution in [-0.2, 0) is 0 Å². The van der Waals surface area contributed by atoms with Gasteiger partial charge in [0.1, 0.15) is 5.82 Å². The Morgan fingerprint density at radius 2 is 2.00 bits per heavy atom. The molecule has 0 amide bonds. The molecule has 17 heavy (non-hydrogen) atoms. The number of methoxy groups -OCH3 is 2. The van der Waals surface area contributed by atoms with Crippen LogP contribution in [-0.4, -0.2) is 24.2 Å². The molecule has 0 aliphatic carbocycles. The lowest BCUT2D eigenvalue weighted by atomic mass is 10.1. The molecule has 0 aliphatic heterocycles. The van der Waals surface area contributed by atoms with Crippen LogP contribution in [0.3, 0.4) is 0 Å². The zero-order valence-electron chi connectivity index (χ0n) is 9.48. The fourth-order valence-corrected chi connectivity index (χ4v) is 1.46. The number of aromatic nitrogens is 2. The van der Waals surface area contributed by atoms with E-state index in [4.69, 9.17) is 9.47 Å². The summed E-state index contributed by atoms with van der Waals surface area (Å²) in [6, 6.07) is 6.36. The van der Waals surface area contributed by atoms with Gasteiger partial charge in [-0.15, -0.1) is 0 Å². The predicted octanol–water partition coefficient (Wildman–Crippen LogP) is 2.30. The van der Waals surface area contributed by atoms with Crippen LogP contribution in [0.2, 0.25) is 0 Å². The molecule has 0 bridgehead atoms. The van der Waals surface area contributed by atoms with Gasteiger partial charge < -0.3 is 9.47 Å². The van der Waals surface area contributed by atoms with E-state index in [9.17, 15) is 4.39 Å². The second kappa shape index (κ2) is 4.78. The summed E-state index contributed by atoms with van der Waals surface area (Å²) >= 11 is 0. The number of hydrogen-bond acceptors (Lipinski definition) is 4. The monoisotopic (exact) mass is 234 g/mol. The number of rotatable bonds is 3. The van der Waals surface area contributed by atoms with Crippen molar-refractivity contribution in [1.29, 1.82) is 0 Å². The lowest BCUT2D eigenvalue weighted by molar-refractivity contribution is 0.353.